The highest BCUT2D eigenvalue weighted by molar-refractivity contribution is 5.81. The van der Waals surface area contributed by atoms with Crippen molar-refractivity contribution < 1.29 is 14.3 Å². The SMILES string of the molecule is C=CCC(N)C(=O)N(CC)CC1COc2ccccc2O1. The molecular weight excluding hydrogens is 268 g/mol. The van der Waals surface area contributed by atoms with Gasteiger partial charge < -0.3 is 20.1 Å². The summed E-state index contributed by atoms with van der Waals surface area (Å²) in [5.41, 5.74) is 5.85. The molecule has 1 aromatic carbocycles. The number of likely N-dealkylation sites (N-methyl/N-ethyl adjacent to an activating group) is 1. The van der Waals surface area contributed by atoms with E-state index in [9.17, 15) is 4.79 Å². The van der Waals surface area contributed by atoms with Gasteiger partial charge in [0.15, 0.2) is 17.6 Å². The number of hydrogen-bond donors (Lipinski definition) is 1. The molecule has 1 aromatic rings. The van der Waals surface area contributed by atoms with Crippen molar-refractivity contribution in [2.45, 2.75) is 25.5 Å². The minimum atomic E-state index is -0.542. The molecule has 5 heteroatoms. The standard InChI is InChI=1S/C16H22N2O3/c1-3-7-13(17)16(19)18(4-2)10-12-11-20-14-8-5-6-9-15(14)21-12/h3,5-6,8-9,12-13H,1,4,7,10-11,17H2,2H3. The average Bonchev–Trinajstić information content (AvgIpc) is 2.52. The first-order valence-corrected chi connectivity index (χ1v) is 7.19. The average molecular weight is 290 g/mol. The van der Waals surface area contributed by atoms with Gasteiger partial charge in [-0.25, -0.2) is 0 Å². The topological polar surface area (TPSA) is 64.8 Å². The predicted octanol–water partition coefficient (Wildman–Crippen LogP) is 1.58. The summed E-state index contributed by atoms with van der Waals surface area (Å²) in [5.74, 6) is 1.37. The van der Waals surface area contributed by atoms with E-state index in [1.807, 2.05) is 31.2 Å². The van der Waals surface area contributed by atoms with E-state index in [0.29, 0.717) is 31.9 Å². The first-order chi connectivity index (χ1) is 10.2. The lowest BCUT2D eigenvalue weighted by molar-refractivity contribution is -0.133. The van der Waals surface area contributed by atoms with Crippen LogP contribution in [-0.2, 0) is 4.79 Å². The van der Waals surface area contributed by atoms with Gasteiger partial charge in [-0.15, -0.1) is 6.58 Å². The highest BCUT2D eigenvalue weighted by Gasteiger charge is 2.26. The molecule has 0 radical (unpaired) electrons. The molecular formula is C16H22N2O3. The van der Waals surface area contributed by atoms with Gasteiger partial charge in [0.25, 0.3) is 0 Å². The number of ether oxygens (including phenoxy) is 2. The van der Waals surface area contributed by atoms with Crippen molar-refractivity contribution in [3.05, 3.63) is 36.9 Å². The molecule has 0 aliphatic carbocycles. The Morgan fingerprint density at radius 1 is 1.52 bits per heavy atom. The fraction of sp³-hybridized carbons (Fsp3) is 0.438. The van der Waals surface area contributed by atoms with E-state index in [1.165, 1.54) is 0 Å². The maximum Gasteiger partial charge on any atom is 0.239 e. The number of benzene rings is 1. The summed E-state index contributed by atoms with van der Waals surface area (Å²) in [6.07, 6.45) is 1.95. The van der Waals surface area contributed by atoms with Crippen LogP contribution in [0, 0.1) is 0 Å². The zero-order valence-corrected chi connectivity index (χ0v) is 12.3. The Kier molecular flexibility index (Phi) is 5.22. The first-order valence-electron chi connectivity index (χ1n) is 7.19. The van der Waals surface area contributed by atoms with E-state index < -0.39 is 6.04 Å². The van der Waals surface area contributed by atoms with Crippen molar-refractivity contribution in [1.82, 2.24) is 4.90 Å². The number of nitrogens with zero attached hydrogens (tertiary/aromatic N) is 1. The van der Waals surface area contributed by atoms with Gasteiger partial charge in [0.1, 0.15) is 6.61 Å². The van der Waals surface area contributed by atoms with Crippen LogP contribution in [0.2, 0.25) is 0 Å². The van der Waals surface area contributed by atoms with Gasteiger partial charge >= 0.3 is 0 Å². The van der Waals surface area contributed by atoms with Crippen molar-refractivity contribution in [3.63, 3.8) is 0 Å². The molecule has 0 aromatic heterocycles. The predicted molar refractivity (Wildman–Crippen MR) is 81.4 cm³/mol. The van der Waals surface area contributed by atoms with Crippen LogP contribution in [0.3, 0.4) is 0 Å². The second-order valence-corrected chi connectivity index (χ2v) is 5.01. The zero-order chi connectivity index (χ0) is 15.2. The summed E-state index contributed by atoms with van der Waals surface area (Å²) in [5, 5.41) is 0. The third kappa shape index (κ3) is 3.76. The van der Waals surface area contributed by atoms with Crippen LogP contribution in [-0.4, -0.2) is 42.6 Å². The highest BCUT2D eigenvalue weighted by Crippen LogP contribution is 2.31. The van der Waals surface area contributed by atoms with Gasteiger partial charge in [0, 0.05) is 6.54 Å². The molecule has 2 atom stereocenters. The minimum Gasteiger partial charge on any atom is -0.486 e. The maximum absolute atomic E-state index is 12.2. The fourth-order valence-corrected chi connectivity index (χ4v) is 2.29. The molecule has 0 saturated heterocycles. The van der Waals surface area contributed by atoms with Crippen molar-refractivity contribution in [3.8, 4) is 11.5 Å². The molecule has 5 nitrogen and oxygen atoms in total. The van der Waals surface area contributed by atoms with Crippen molar-refractivity contribution in [2.75, 3.05) is 19.7 Å². The van der Waals surface area contributed by atoms with Crippen LogP contribution in [0.15, 0.2) is 36.9 Å². The van der Waals surface area contributed by atoms with Gasteiger partial charge in [-0.3, -0.25) is 4.79 Å². The molecule has 0 bridgehead atoms. The third-order valence-electron chi connectivity index (χ3n) is 3.42. The van der Waals surface area contributed by atoms with E-state index >= 15 is 0 Å². The zero-order valence-electron chi connectivity index (χ0n) is 12.3. The Labute approximate surface area is 125 Å². The number of fused-ring (bicyclic) bond motifs is 1. The van der Waals surface area contributed by atoms with E-state index in [0.717, 1.165) is 5.75 Å². The van der Waals surface area contributed by atoms with Gasteiger partial charge in [0.05, 0.1) is 12.6 Å². The third-order valence-corrected chi connectivity index (χ3v) is 3.42. The lowest BCUT2D eigenvalue weighted by Crippen LogP contribution is -2.49. The van der Waals surface area contributed by atoms with Crippen molar-refractivity contribution in [1.29, 1.82) is 0 Å². The quantitative estimate of drug-likeness (QED) is 0.808. The van der Waals surface area contributed by atoms with Gasteiger partial charge in [-0.2, -0.15) is 0 Å². The Hall–Kier alpha value is -2.01. The lowest BCUT2D eigenvalue weighted by atomic mass is 10.1. The van der Waals surface area contributed by atoms with Crippen LogP contribution < -0.4 is 15.2 Å². The van der Waals surface area contributed by atoms with Crippen LogP contribution in [0.4, 0.5) is 0 Å². The smallest absolute Gasteiger partial charge is 0.239 e. The molecule has 2 unspecified atom stereocenters. The number of hydrogen-bond acceptors (Lipinski definition) is 4. The van der Waals surface area contributed by atoms with Crippen LogP contribution >= 0.6 is 0 Å². The Bertz CT molecular complexity index is 504. The van der Waals surface area contributed by atoms with E-state index in [4.69, 9.17) is 15.2 Å². The molecule has 0 saturated carbocycles. The van der Waals surface area contributed by atoms with Gasteiger partial charge in [-0.1, -0.05) is 18.2 Å². The molecule has 114 valence electrons. The maximum atomic E-state index is 12.2. The first kappa shape index (κ1) is 15.4. The molecule has 2 rings (SSSR count). The van der Waals surface area contributed by atoms with Crippen LogP contribution in [0.25, 0.3) is 0 Å². The number of nitrogens with two attached hydrogens (primary N) is 1. The molecule has 2 N–H and O–H groups in total. The van der Waals surface area contributed by atoms with E-state index in [-0.39, 0.29) is 12.0 Å². The molecule has 0 spiro atoms. The number of carbonyl (C=O) groups excluding carboxylic acids is 1. The number of para-hydroxylation sites is 2. The van der Waals surface area contributed by atoms with Gasteiger partial charge in [-0.05, 0) is 25.5 Å². The van der Waals surface area contributed by atoms with Crippen molar-refractivity contribution >= 4 is 5.91 Å². The second kappa shape index (κ2) is 7.13. The summed E-state index contributed by atoms with van der Waals surface area (Å²) < 4.78 is 11.5. The Morgan fingerprint density at radius 2 is 2.24 bits per heavy atom. The largest absolute Gasteiger partial charge is 0.486 e. The second-order valence-electron chi connectivity index (χ2n) is 5.01. The van der Waals surface area contributed by atoms with Crippen molar-refractivity contribution in [2.24, 2.45) is 5.73 Å². The summed E-state index contributed by atoms with van der Waals surface area (Å²) in [7, 11) is 0. The minimum absolute atomic E-state index is 0.0835. The molecule has 1 aliphatic rings. The van der Waals surface area contributed by atoms with E-state index in [2.05, 4.69) is 6.58 Å². The number of rotatable bonds is 6. The van der Waals surface area contributed by atoms with Gasteiger partial charge in [0.2, 0.25) is 5.91 Å². The normalized spacial score (nSPS) is 17.9. The Morgan fingerprint density at radius 3 is 2.90 bits per heavy atom. The van der Waals surface area contributed by atoms with Crippen LogP contribution in [0.1, 0.15) is 13.3 Å². The Balaban J connectivity index is 1.97. The summed E-state index contributed by atoms with van der Waals surface area (Å²) in [4.78, 5) is 13.9. The number of carbonyl (C=O) groups is 1. The summed E-state index contributed by atoms with van der Waals surface area (Å²) in [6, 6.07) is 6.99. The van der Waals surface area contributed by atoms with E-state index in [1.54, 1.807) is 11.0 Å². The molecule has 1 aliphatic heterocycles. The molecule has 1 heterocycles. The summed E-state index contributed by atoms with van der Waals surface area (Å²) in [6.45, 7) is 7.02. The van der Waals surface area contributed by atoms with Crippen LogP contribution in [0.5, 0.6) is 11.5 Å². The summed E-state index contributed by atoms with van der Waals surface area (Å²) >= 11 is 0. The lowest BCUT2D eigenvalue weighted by Gasteiger charge is -2.31. The highest BCUT2D eigenvalue weighted by atomic mass is 16.6. The molecule has 1 amide bonds. The number of amides is 1. The monoisotopic (exact) mass is 290 g/mol. The molecule has 0 fully saturated rings. The fourth-order valence-electron chi connectivity index (χ4n) is 2.29. The molecule has 21 heavy (non-hydrogen) atoms.